The molecule has 2 rings (SSSR count). The molecule has 0 spiro atoms. The number of fused-ring (bicyclic) bond motifs is 1. The highest BCUT2D eigenvalue weighted by molar-refractivity contribution is 7.85. The fourth-order valence-electron chi connectivity index (χ4n) is 2.57. The molecule has 110 valence electrons. The molecule has 2 aliphatic rings. The number of carbonyl (C=O) groups excluding carboxylic acids is 1. The molecule has 0 aromatic rings. The third-order valence-electron chi connectivity index (χ3n) is 3.50. The third-order valence-corrected chi connectivity index (χ3v) is 4.06. The van der Waals surface area contributed by atoms with Gasteiger partial charge in [0.1, 0.15) is 5.60 Å². The summed E-state index contributed by atoms with van der Waals surface area (Å²) >= 11 is 0. The summed E-state index contributed by atoms with van der Waals surface area (Å²) in [7, 11) is -3.37. The van der Waals surface area contributed by atoms with Gasteiger partial charge < -0.3 is 9.64 Å². The number of amides is 1. The van der Waals surface area contributed by atoms with Crippen LogP contribution in [0.25, 0.3) is 0 Å². The monoisotopic (exact) mass is 291 g/mol. The molecule has 1 saturated carbocycles. The summed E-state index contributed by atoms with van der Waals surface area (Å²) in [5, 5.41) is 0. The van der Waals surface area contributed by atoms with Crippen LogP contribution in [0.3, 0.4) is 0 Å². The maximum atomic E-state index is 11.8. The van der Waals surface area contributed by atoms with Gasteiger partial charge in [-0.3, -0.25) is 4.18 Å². The molecule has 0 aromatic heterocycles. The van der Waals surface area contributed by atoms with Gasteiger partial charge in [-0.15, -0.1) is 0 Å². The molecule has 1 saturated heterocycles. The van der Waals surface area contributed by atoms with E-state index in [0.29, 0.717) is 24.9 Å². The van der Waals surface area contributed by atoms with Gasteiger partial charge in [0.15, 0.2) is 0 Å². The number of nitrogens with zero attached hydrogens (tertiary/aromatic N) is 1. The molecular weight excluding hydrogens is 270 g/mol. The molecule has 0 aromatic carbocycles. The second-order valence-electron chi connectivity index (χ2n) is 6.37. The van der Waals surface area contributed by atoms with Crippen molar-refractivity contribution in [3.63, 3.8) is 0 Å². The van der Waals surface area contributed by atoms with Gasteiger partial charge in [0.05, 0.1) is 12.9 Å². The molecule has 0 bridgehead atoms. The first-order valence-electron chi connectivity index (χ1n) is 6.39. The van der Waals surface area contributed by atoms with Crippen LogP contribution in [-0.2, 0) is 19.0 Å². The molecule has 1 amide bonds. The van der Waals surface area contributed by atoms with Crippen molar-refractivity contribution in [2.75, 3.05) is 26.0 Å². The van der Waals surface area contributed by atoms with E-state index in [1.54, 1.807) is 4.90 Å². The minimum Gasteiger partial charge on any atom is -0.444 e. The Morgan fingerprint density at radius 2 is 1.79 bits per heavy atom. The summed E-state index contributed by atoms with van der Waals surface area (Å²) in [4.78, 5) is 13.5. The van der Waals surface area contributed by atoms with Gasteiger partial charge in [-0.05, 0) is 38.5 Å². The van der Waals surface area contributed by atoms with Gasteiger partial charge in [-0.25, -0.2) is 4.79 Å². The van der Waals surface area contributed by atoms with Gasteiger partial charge in [-0.1, -0.05) is 0 Å². The minimum atomic E-state index is -3.37. The second kappa shape index (κ2) is 4.63. The van der Waals surface area contributed by atoms with E-state index in [1.807, 2.05) is 20.8 Å². The van der Waals surface area contributed by atoms with Crippen molar-refractivity contribution >= 4 is 16.2 Å². The van der Waals surface area contributed by atoms with Crippen LogP contribution in [0.5, 0.6) is 0 Å². The van der Waals surface area contributed by atoms with Crippen LogP contribution in [0.4, 0.5) is 4.79 Å². The molecule has 2 atom stereocenters. The van der Waals surface area contributed by atoms with Gasteiger partial charge >= 0.3 is 6.09 Å². The highest BCUT2D eigenvalue weighted by Crippen LogP contribution is 2.52. The highest BCUT2D eigenvalue weighted by Gasteiger charge is 2.57. The largest absolute Gasteiger partial charge is 0.444 e. The normalized spacial score (nSPS) is 30.1. The Labute approximate surface area is 114 Å². The molecule has 6 nitrogen and oxygen atoms in total. The minimum absolute atomic E-state index is 0.232. The standard InChI is InChI=1S/C12H21NO5S/c1-12(2,3)18-11(14)13-5-8-9(6-13)10(8)7-17-19(4,15)16/h8-10H,5-7H2,1-4H3. The number of ether oxygens (including phenoxy) is 1. The Balaban J connectivity index is 1.76. The fraction of sp³-hybridized carbons (Fsp3) is 0.917. The van der Waals surface area contributed by atoms with Crippen LogP contribution >= 0.6 is 0 Å². The van der Waals surface area contributed by atoms with E-state index in [1.165, 1.54) is 0 Å². The Morgan fingerprint density at radius 3 is 2.21 bits per heavy atom. The first kappa shape index (κ1) is 14.6. The summed E-state index contributed by atoms with van der Waals surface area (Å²) < 4.78 is 31.9. The quantitative estimate of drug-likeness (QED) is 0.727. The zero-order valence-corrected chi connectivity index (χ0v) is 12.6. The molecular formula is C12H21NO5S. The van der Waals surface area contributed by atoms with Gasteiger partial charge in [-0.2, -0.15) is 8.42 Å². The molecule has 1 heterocycles. The van der Waals surface area contributed by atoms with Crippen molar-refractivity contribution in [1.82, 2.24) is 4.90 Å². The lowest BCUT2D eigenvalue weighted by Crippen LogP contribution is -2.37. The van der Waals surface area contributed by atoms with E-state index in [0.717, 1.165) is 6.26 Å². The molecule has 1 aliphatic carbocycles. The van der Waals surface area contributed by atoms with Crippen molar-refractivity contribution in [2.45, 2.75) is 26.4 Å². The van der Waals surface area contributed by atoms with Crippen LogP contribution in [0.15, 0.2) is 0 Å². The number of rotatable bonds is 3. The van der Waals surface area contributed by atoms with Crippen molar-refractivity contribution in [1.29, 1.82) is 0 Å². The molecule has 1 aliphatic heterocycles. The first-order valence-corrected chi connectivity index (χ1v) is 8.21. The van der Waals surface area contributed by atoms with E-state index in [2.05, 4.69) is 0 Å². The summed E-state index contributed by atoms with van der Waals surface area (Å²) in [5.41, 5.74) is -0.483. The number of hydrogen-bond acceptors (Lipinski definition) is 5. The molecule has 19 heavy (non-hydrogen) atoms. The van der Waals surface area contributed by atoms with Crippen molar-refractivity contribution in [3.8, 4) is 0 Å². The summed E-state index contributed by atoms with van der Waals surface area (Å²) in [5.74, 6) is 0.969. The van der Waals surface area contributed by atoms with Crippen LogP contribution in [-0.4, -0.2) is 51.0 Å². The van der Waals surface area contributed by atoms with E-state index >= 15 is 0 Å². The Hall–Kier alpha value is -0.820. The van der Waals surface area contributed by atoms with E-state index in [4.69, 9.17) is 8.92 Å². The number of likely N-dealkylation sites (tertiary alicyclic amines) is 1. The maximum Gasteiger partial charge on any atom is 0.410 e. The van der Waals surface area contributed by atoms with Crippen molar-refractivity contribution in [3.05, 3.63) is 0 Å². The Morgan fingerprint density at radius 1 is 1.26 bits per heavy atom. The fourth-order valence-corrected chi connectivity index (χ4v) is 2.98. The maximum absolute atomic E-state index is 11.8. The molecule has 7 heteroatoms. The number of piperidine rings is 1. The smallest absolute Gasteiger partial charge is 0.410 e. The topological polar surface area (TPSA) is 72.9 Å². The average Bonchev–Trinajstić information content (AvgIpc) is 2.65. The SMILES string of the molecule is CC(C)(C)OC(=O)N1CC2C(COS(C)(=O)=O)C2C1. The van der Waals surface area contributed by atoms with E-state index in [9.17, 15) is 13.2 Å². The third kappa shape index (κ3) is 3.82. The lowest BCUT2D eigenvalue weighted by molar-refractivity contribution is 0.0261. The zero-order valence-electron chi connectivity index (χ0n) is 11.8. The van der Waals surface area contributed by atoms with Gasteiger partial charge in [0.25, 0.3) is 10.1 Å². The second-order valence-corrected chi connectivity index (χ2v) is 8.01. The predicted molar refractivity (Wildman–Crippen MR) is 69.1 cm³/mol. The zero-order chi connectivity index (χ0) is 14.4. The molecule has 2 fully saturated rings. The average molecular weight is 291 g/mol. The highest BCUT2D eigenvalue weighted by atomic mass is 32.2. The Bertz CT molecular complexity index is 455. The van der Waals surface area contributed by atoms with Crippen LogP contribution in [0, 0.1) is 17.8 Å². The molecule has 2 unspecified atom stereocenters. The van der Waals surface area contributed by atoms with Gasteiger partial charge in [0, 0.05) is 13.1 Å². The molecule has 0 radical (unpaired) electrons. The Kier molecular flexibility index (Phi) is 3.55. The van der Waals surface area contributed by atoms with Crippen molar-refractivity contribution < 1.29 is 22.1 Å². The van der Waals surface area contributed by atoms with Crippen LogP contribution in [0.1, 0.15) is 20.8 Å². The van der Waals surface area contributed by atoms with E-state index < -0.39 is 15.7 Å². The number of carbonyl (C=O) groups is 1. The number of hydrogen-bond donors (Lipinski definition) is 0. The molecule has 0 N–H and O–H groups in total. The summed E-state index contributed by atoms with van der Waals surface area (Å²) in [6.45, 7) is 7.02. The summed E-state index contributed by atoms with van der Waals surface area (Å²) in [6.07, 6.45) is 0.764. The lowest BCUT2D eigenvalue weighted by atomic mass is 10.2. The van der Waals surface area contributed by atoms with Gasteiger partial charge in [0.2, 0.25) is 0 Å². The van der Waals surface area contributed by atoms with E-state index in [-0.39, 0.29) is 18.6 Å². The van der Waals surface area contributed by atoms with Crippen LogP contribution in [0.2, 0.25) is 0 Å². The predicted octanol–water partition coefficient (Wildman–Crippen LogP) is 1.08. The lowest BCUT2D eigenvalue weighted by Gasteiger charge is -2.25. The first-order chi connectivity index (χ1) is 8.57. The summed E-state index contributed by atoms with van der Waals surface area (Å²) in [6, 6.07) is 0. The van der Waals surface area contributed by atoms with Crippen molar-refractivity contribution in [2.24, 2.45) is 17.8 Å². The van der Waals surface area contributed by atoms with Crippen LogP contribution < -0.4 is 0 Å².